The van der Waals surface area contributed by atoms with Crippen LogP contribution in [0.5, 0.6) is 0 Å². The van der Waals surface area contributed by atoms with Crippen LogP contribution >= 0.6 is 0 Å². The lowest BCUT2D eigenvalue weighted by Crippen LogP contribution is -2.27. The van der Waals surface area contributed by atoms with E-state index in [1.807, 2.05) is 31.2 Å². The molecule has 0 amide bonds. The maximum absolute atomic E-state index is 15.0. The molecule has 0 aliphatic heterocycles. The molecule has 1 nitrogen and oxygen atoms in total. The van der Waals surface area contributed by atoms with Gasteiger partial charge in [0, 0.05) is 6.04 Å². The summed E-state index contributed by atoms with van der Waals surface area (Å²) in [5, 5.41) is 0. The van der Waals surface area contributed by atoms with E-state index >= 15 is 0 Å². The largest absolute Gasteiger partial charge is 0.328 e. The van der Waals surface area contributed by atoms with Crippen molar-refractivity contribution in [2.75, 3.05) is 0 Å². The summed E-state index contributed by atoms with van der Waals surface area (Å²) in [4.78, 5) is 0. The van der Waals surface area contributed by atoms with Crippen LogP contribution in [-0.4, -0.2) is 6.04 Å². The normalized spacial score (nSPS) is 21.1. The Kier molecular flexibility index (Phi) is 3.82. The second kappa shape index (κ2) is 5.18. The first-order valence-electron chi connectivity index (χ1n) is 6.65. The van der Waals surface area contributed by atoms with Gasteiger partial charge in [0.05, 0.1) is 0 Å². The van der Waals surface area contributed by atoms with Crippen molar-refractivity contribution in [1.82, 2.24) is 0 Å². The minimum atomic E-state index is -1.11. The number of benzene rings is 1. The summed E-state index contributed by atoms with van der Waals surface area (Å²) in [6.07, 6.45) is 5.28. The number of nitrogens with two attached hydrogens (primary N) is 1. The Hall–Kier alpha value is -0.890. The fourth-order valence-electron chi connectivity index (χ4n) is 2.86. The van der Waals surface area contributed by atoms with E-state index < -0.39 is 5.67 Å². The average Bonchev–Trinajstić information content (AvgIpc) is 2.30. The molecule has 1 atom stereocenters. The highest BCUT2D eigenvalue weighted by molar-refractivity contribution is 5.33. The summed E-state index contributed by atoms with van der Waals surface area (Å²) in [7, 11) is 0. The molecule has 1 unspecified atom stereocenters. The Labute approximate surface area is 103 Å². The molecule has 0 spiro atoms. The standard InChI is InChI=1S/C15H22FN/c1-12(17)11-13-7-3-4-8-14(13)15(16)9-5-2-6-10-15/h3-4,7-8,12H,2,5-6,9-11,17H2,1H3. The molecule has 0 aromatic heterocycles. The van der Waals surface area contributed by atoms with Crippen molar-refractivity contribution in [1.29, 1.82) is 0 Å². The number of alkyl halides is 1. The monoisotopic (exact) mass is 235 g/mol. The Bertz CT molecular complexity index is 367. The lowest BCUT2D eigenvalue weighted by molar-refractivity contribution is 0.105. The molecule has 1 aliphatic carbocycles. The third-order valence-electron chi connectivity index (χ3n) is 3.69. The molecule has 1 aliphatic rings. The highest BCUT2D eigenvalue weighted by Gasteiger charge is 2.35. The van der Waals surface area contributed by atoms with E-state index in [0.717, 1.165) is 30.4 Å². The van der Waals surface area contributed by atoms with Gasteiger partial charge in [0.1, 0.15) is 5.67 Å². The van der Waals surface area contributed by atoms with Gasteiger partial charge in [-0.1, -0.05) is 30.7 Å². The van der Waals surface area contributed by atoms with Crippen molar-refractivity contribution in [3.8, 4) is 0 Å². The first kappa shape index (κ1) is 12.6. The molecule has 1 aromatic carbocycles. The molecular weight excluding hydrogens is 213 g/mol. The fourth-order valence-corrected chi connectivity index (χ4v) is 2.86. The van der Waals surface area contributed by atoms with Crippen LogP contribution < -0.4 is 5.73 Å². The number of hydrogen-bond donors (Lipinski definition) is 1. The van der Waals surface area contributed by atoms with Gasteiger partial charge in [0.15, 0.2) is 0 Å². The first-order valence-corrected chi connectivity index (χ1v) is 6.65. The summed E-state index contributed by atoms with van der Waals surface area (Å²) in [5.41, 5.74) is 6.71. The Balaban J connectivity index is 2.29. The minimum Gasteiger partial charge on any atom is -0.328 e. The van der Waals surface area contributed by atoms with Gasteiger partial charge in [-0.3, -0.25) is 0 Å². The highest BCUT2D eigenvalue weighted by atomic mass is 19.1. The zero-order valence-electron chi connectivity index (χ0n) is 10.6. The van der Waals surface area contributed by atoms with Gasteiger partial charge >= 0.3 is 0 Å². The van der Waals surface area contributed by atoms with Gasteiger partial charge in [-0.2, -0.15) is 0 Å². The zero-order valence-corrected chi connectivity index (χ0v) is 10.6. The summed E-state index contributed by atoms with van der Waals surface area (Å²) in [5.74, 6) is 0. The van der Waals surface area contributed by atoms with E-state index in [-0.39, 0.29) is 6.04 Å². The molecule has 1 saturated carbocycles. The maximum atomic E-state index is 15.0. The highest BCUT2D eigenvalue weighted by Crippen LogP contribution is 2.42. The smallest absolute Gasteiger partial charge is 0.136 e. The lowest BCUT2D eigenvalue weighted by atomic mass is 9.78. The van der Waals surface area contributed by atoms with Gasteiger partial charge in [-0.25, -0.2) is 4.39 Å². The van der Waals surface area contributed by atoms with Crippen LogP contribution in [-0.2, 0) is 12.1 Å². The molecule has 17 heavy (non-hydrogen) atoms. The molecule has 0 bridgehead atoms. The first-order chi connectivity index (χ1) is 8.12. The summed E-state index contributed by atoms with van der Waals surface area (Å²) in [6.45, 7) is 1.97. The summed E-state index contributed by atoms with van der Waals surface area (Å²) in [6, 6.07) is 7.98. The van der Waals surface area contributed by atoms with Gasteiger partial charge in [0.25, 0.3) is 0 Å². The van der Waals surface area contributed by atoms with E-state index in [0.29, 0.717) is 12.8 Å². The molecule has 0 heterocycles. The fraction of sp³-hybridized carbons (Fsp3) is 0.600. The molecule has 2 rings (SSSR count). The molecule has 94 valence electrons. The maximum Gasteiger partial charge on any atom is 0.136 e. The number of rotatable bonds is 3. The van der Waals surface area contributed by atoms with Crippen molar-refractivity contribution >= 4 is 0 Å². The topological polar surface area (TPSA) is 26.0 Å². The second-order valence-electron chi connectivity index (χ2n) is 5.36. The summed E-state index contributed by atoms with van der Waals surface area (Å²) < 4.78 is 15.0. The molecule has 0 saturated heterocycles. The van der Waals surface area contributed by atoms with Crippen LogP contribution in [0.25, 0.3) is 0 Å². The lowest BCUT2D eigenvalue weighted by Gasteiger charge is -2.32. The second-order valence-corrected chi connectivity index (χ2v) is 5.36. The third-order valence-corrected chi connectivity index (χ3v) is 3.69. The van der Waals surface area contributed by atoms with E-state index in [4.69, 9.17) is 5.73 Å². The van der Waals surface area contributed by atoms with Crippen LogP contribution in [0.4, 0.5) is 4.39 Å². The molecular formula is C15H22FN. The van der Waals surface area contributed by atoms with Crippen molar-refractivity contribution < 1.29 is 4.39 Å². The molecule has 2 heteroatoms. The van der Waals surface area contributed by atoms with E-state index in [2.05, 4.69) is 0 Å². The third kappa shape index (κ3) is 2.86. The Morgan fingerprint density at radius 1 is 1.24 bits per heavy atom. The molecule has 1 fully saturated rings. The SMILES string of the molecule is CC(N)Cc1ccccc1C1(F)CCCCC1. The van der Waals surface area contributed by atoms with Gasteiger partial charge in [-0.15, -0.1) is 0 Å². The molecule has 2 N–H and O–H groups in total. The van der Waals surface area contributed by atoms with Crippen molar-refractivity contribution in [3.05, 3.63) is 35.4 Å². The number of halogens is 1. The molecule has 1 aromatic rings. The van der Waals surface area contributed by atoms with E-state index in [9.17, 15) is 4.39 Å². The van der Waals surface area contributed by atoms with E-state index in [1.165, 1.54) is 6.42 Å². The minimum absolute atomic E-state index is 0.0864. The van der Waals surface area contributed by atoms with Gasteiger partial charge in [0.2, 0.25) is 0 Å². The van der Waals surface area contributed by atoms with Gasteiger partial charge < -0.3 is 5.73 Å². The average molecular weight is 235 g/mol. The van der Waals surface area contributed by atoms with E-state index in [1.54, 1.807) is 0 Å². The Morgan fingerprint density at radius 3 is 2.53 bits per heavy atom. The van der Waals surface area contributed by atoms with Crippen LogP contribution in [0.2, 0.25) is 0 Å². The molecule has 0 radical (unpaired) electrons. The van der Waals surface area contributed by atoms with Gasteiger partial charge in [-0.05, 0) is 50.2 Å². The van der Waals surface area contributed by atoms with Crippen LogP contribution in [0.15, 0.2) is 24.3 Å². The van der Waals surface area contributed by atoms with Crippen LogP contribution in [0.3, 0.4) is 0 Å². The van der Waals surface area contributed by atoms with Crippen LogP contribution in [0.1, 0.15) is 50.2 Å². The quantitative estimate of drug-likeness (QED) is 0.849. The van der Waals surface area contributed by atoms with Crippen LogP contribution in [0, 0.1) is 0 Å². The number of hydrogen-bond acceptors (Lipinski definition) is 1. The summed E-state index contributed by atoms with van der Waals surface area (Å²) >= 11 is 0. The van der Waals surface area contributed by atoms with Crippen molar-refractivity contribution in [3.63, 3.8) is 0 Å². The predicted molar refractivity (Wildman–Crippen MR) is 69.7 cm³/mol. The van der Waals surface area contributed by atoms with Crippen molar-refractivity contribution in [2.45, 2.75) is 57.2 Å². The predicted octanol–water partition coefficient (Wildman–Crippen LogP) is 3.71. The van der Waals surface area contributed by atoms with Crippen molar-refractivity contribution in [2.24, 2.45) is 5.73 Å². The Morgan fingerprint density at radius 2 is 1.88 bits per heavy atom. The zero-order chi connectivity index (χ0) is 12.3.